The first-order chi connectivity index (χ1) is 21.9. The van der Waals surface area contributed by atoms with Gasteiger partial charge < -0.3 is 20.1 Å². The number of hydrogen-bond donors (Lipinski definition) is 2. The Hall–Kier alpha value is -3.46. The molecule has 0 atom stereocenters. The van der Waals surface area contributed by atoms with E-state index < -0.39 is 39.9 Å². The Kier molecular flexibility index (Phi) is 9.54. The lowest BCUT2D eigenvalue weighted by Gasteiger charge is -2.36. The standard InChI is InChI=1S/C32H36ClF3N4O6S/c1-20-16-23(28(41)39-11-7-30(3,43)8-12-39)17-21(2)24(20)6-15-47(44,45)40-13-9-31(10-14-40)29(42)37-27(38-31)22-4-5-26(25(33)18-22)46-19-32(34,35)36/h4-6,15-18,43H,7-14,19H2,1-3H3,(H,37,38,42). The van der Waals surface area contributed by atoms with E-state index in [1.807, 2.05) is 13.8 Å². The van der Waals surface area contributed by atoms with Gasteiger partial charge in [-0.15, -0.1) is 0 Å². The number of amides is 2. The van der Waals surface area contributed by atoms with E-state index >= 15 is 0 Å². The molecule has 0 aliphatic carbocycles. The van der Waals surface area contributed by atoms with E-state index in [4.69, 9.17) is 16.3 Å². The number of likely N-dealkylation sites (tertiary alicyclic amines) is 1. The number of carbonyl (C=O) groups is 2. The van der Waals surface area contributed by atoms with E-state index in [0.717, 1.165) is 16.5 Å². The topological polar surface area (TPSA) is 129 Å². The molecule has 2 fully saturated rings. The van der Waals surface area contributed by atoms with Crippen LogP contribution in [0.1, 0.15) is 65.2 Å². The van der Waals surface area contributed by atoms with Crippen LogP contribution in [0.25, 0.3) is 6.08 Å². The molecule has 0 unspecified atom stereocenters. The number of aryl methyl sites for hydroxylation is 2. The highest BCUT2D eigenvalue weighted by molar-refractivity contribution is 7.92. The number of benzene rings is 2. The Balaban J connectivity index is 1.24. The van der Waals surface area contributed by atoms with Crippen LogP contribution in [0.15, 0.2) is 40.7 Å². The van der Waals surface area contributed by atoms with Crippen LogP contribution in [0.5, 0.6) is 5.75 Å². The smallest absolute Gasteiger partial charge is 0.422 e. The number of alkyl halides is 3. The van der Waals surface area contributed by atoms with Crippen molar-refractivity contribution >= 4 is 45.4 Å². The number of nitrogens with one attached hydrogen (secondary N) is 1. The molecule has 0 radical (unpaired) electrons. The molecular formula is C32H36ClF3N4O6S. The minimum atomic E-state index is -4.53. The molecule has 2 aromatic rings. The predicted octanol–water partition coefficient (Wildman–Crippen LogP) is 4.60. The highest BCUT2D eigenvalue weighted by atomic mass is 35.5. The molecule has 0 aromatic heterocycles. The van der Waals surface area contributed by atoms with Crippen LogP contribution in [-0.4, -0.2) is 90.5 Å². The Morgan fingerprint density at radius 2 is 1.70 bits per heavy atom. The summed E-state index contributed by atoms with van der Waals surface area (Å²) in [6.07, 6.45) is -1.77. The van der Waals surface area contributed by atoms with Crippen molar-refractivity contribution in [1.29, 1.82) is 0 Å². The Labute approximate surface area is 276 Å². The van der Waals surface area contributed by atoms with Gasteiger partial charge in [0.05, 0.1) is 10.6 Å². The van der Waals surface area contributed by atoms with Crippen molar-refractivity contribution in [1.82, 2.24) is 14.5 Å². The molecule has 10 nitrogen and oxygen atoms in total. The molecule has 3 aliphatic rings. The molecule has 2 N–H and O–H groups in total. The Morgan fingerprint density at radius 1 is 1.09 bits per heavy atom. The third kappa shape index (κ3) is 7.82. The number of sulfonamides is 1. The second-order valence-electron chi connectivity index (χ2n) is 12.6. The van der Waals surface area contributed by atoms with E-state index in [9.17, 15) is 36.3 Å². The maximum Gasteiger partial charge on any atom is 0.422 e. The fourth-order valence-electron chi connectivity index (χ4n) is 6.00. The normalized spacial score (nSPS) is 20.0. The quantitative estimate of drug-likeness (QED) is 0.436. The molecule has 15 heteroatoms. The summed E-state index contributed by atoms with van der Waals surface area (Å²) in [5.41, 5.74) is 1.07. The number of piperidine rings is 2. The van der Waals surface area contributed by atoms with Crippen LogP contribution in [-0.2, 0) is 14.8 Å². The van der Waals surface area contributed by atoms with Gasteiger partial charge in [0, 0.05) is 42.7 Å². The number of amidine groups is 1. The molecule has 5 rings (SSSR count). The van der Waals surface area contributed by atoms with Crippen molar-refractivity contribution in [2.75, 3.05) is 32.8 Å². The average molecular weight is 697 g/mol. The lowest BCUT2D eigenvalue weighted by molar-refractivity contribution is -0.153. The zero-order valence-corrected chi connectivity index (χ0v) is 27.7. The van der Waals surface area contributed by atoms with Gasteiger partial charge in [-0.25, -0.2) is 8.42 Å². The first kappa shape index (κ1) is 34.9. The summed E-state index contributed by atoms with van der Waals surface area (Å²) >= 11 is 6.11. The summed E-state index contributed by atoms with van der Waals surface area (Å²) in [6, 6.07) is 7.53. The summed E-state index contributed by atoms with van der Waals surface area (Å²) < 4.78 is 70.1. The van der Waals surface area contributed by atoms with Crippen LogP contribution in [0, 0.1) is 13.8 Å². The molecule has 254 valence electrons. The van der Waals surface area contributed by atoms with Crippen molar-refractivity contribution in [3.63, 3.8) is 0 Å². The number of carbonyl (C=O) groups excluding carboxylic acids is 2. The Morgan fingerprint density at radius 3 is 2.28 bits per heavy atom. The van der Waals surface area contributed by atoms with Crippen LogP contribution >= 0.6 is 11.6 Å². The minimum Gasteiger partial charge on any atom is -0.483 e. The third-order valence-electron chi connectivity index (χ3n) is 8.86. The maximum atomic E-state index is 13.3. The summed E-state index contributed by atoms with van der Waals surface area (Å²) in [6.45, 7) is 4.88. The second kappa shape index (κ2) is 12.9. The molecule has 3 aliphatic heterocycles. The number of rotatable bonds is 7. The van der Waals surface area contributed by atoms with E-state index in [0.29, 0.717) is 42.6 Å². The van der Waals surface area contributed by atoms with Gasteiger partial charge in [0.15, 0.2) is 6.61 Å². The minimum absolute atomic E-state index is 0.0377. The van der Waals surface area contributed by atoms with Crippen LogP contribution in [0.3, 0.4) is 0 Å². The van der Waals surface area contributed by atoms with Gasteiger partial charge in [0.25, 0.3) is 11.8 Å². The Bertz CT molecular complexity index is 1720. The van der Waals surface area contributed by atoms with Crippen molar-refractivity contribution in [2.24, 2.45) is 4.99 Å². The van der Waals surface area contributed by atoms with E-state index in [1.165, 1.54) is 28.6 Å². The van der Waals surface area contributed by atoms with Crippen LogP contribution in [0.4, 0.5) is 13.2 Å². The predicted molar refractivity (Wildman–Crippen MR) is 171 cm³/mol. The van der Waals surface area contributed by atoms with Crippen LogP contribution < -0.4 is 10.1 Å². The van der Waals surface area contributed by atoms with Gasteiger partial charge in [-0.05, 0) is 99.6 Å². The maximum absolute atomic E-state index is 13.3. The highest BCUT2D eigenvalue weighted by Gasteiger charge is 2.47. The number of aliphatic hydroxyl groups is 1. The van der Waals surface area contributed by atoms with Crippen molar-refractivity contribution in [3.8, 4) is 5.75 Å². The summed E-state index contributed by atoms with van der Waals surface area (Å²) in [4.78, 5) is 32.4. The largest absolute Gasteiger partial charge is 0.483 e. The van der Waals surface area contributed by atoms with Gasteiger partial charge in [-0.3, -0.25) is 14.6 Å². The lowest BCUT2D eigenvalue weighted by Crippen LogP contribution is -2.50. The monoisotopic (exact) mass is 696 g/mol. The van der Waals surface area contributed by atoms with Gasteiger partial charge in [0.1, 0.15) is 17.1 Å². The van der Waals surface area contributed by atoms with Crippen molar-refractivity contribution in [3.05, 3.63) is 68.6 Å². The zero-order valence-electron chi connectivity index (χ0n) is 26.2. The summed E-state index contributed by atoms with van der Waals surface area (Å²) in [7, 11) is -3.86. The van der Waals surface area contributed by atoms with Crippen LogP contribution in [0.2, 0.25) is 5.02 Å². The average Bonchev–Trinajstić information content (AvgIpc) is 3.30. The molecular weight excluding hydrogens is 661 g/mol. The SMILES string of the molecule is Cc1cc(C(=O)N2CCC(C)(O)CC2)cc(C)c1C=CS(=O)(=O)N1CCC2(CC1)N=C(c1ccc(OCC(F)(F)F)c(Cl)c1)NC2=O. The van der Waals surface area contributed by atoms with Crippen molar-refractivity contribution < 1.29 is 41.0 Å². The fourth-order valence-corrected chi connectivity index (χ4v) is 7.41. The summed E-state index contributed by atoms with van der Waals surface area (Å²) in [5.74, 6) is -0.504. The van der Waals surface area contributed by atoms with Gasteiger partial charge in [-0.2, -0.15) is 17.5 Å². The first-order valence-corrected chi connectivity index (χ1v) is 17.0. The number of nitrogens with zero attached hydrogens (tertiary/aromatic N) is 3. The molecule has 47 heavy (non-hydrogen) atoms. The van der Waals surface area contributed by atoms with Gasteiger partial charge in [-0.1, -0.05) is 11.6 Å². The molecule has 2 aromatic carbocycles. The molecule has 2 saturated heterocycles. The second-order valence-corrected chi connectivity index (χ2v) is 14.8. The third-order valence-corrected chi connectivity index (χ3v) is 10.7. The van der Waals surface area contributed by atoms with Gasteiger partial charge >= 0.3 is 6.18 Å². The highest BCUT2D eigenvalue weighted by Crippen LogP contribution is 2.34. The summed E-state index contributed by atoms with van der Waals surface area (Å²) in [5, 5.41) is 13.9. The van der Waals surface area contributed by atoms with E-state index in [2.05, 4.69) is 10.3 Å². The lowest BCUT2D eigenvalue weighted by atomic mass is 9.89. The van der Waals surface area contributed by atoms with E-state index in [1.54, 1.807) is 24.0 Å². The van der Waals surface area contributed by atoms with Crippen molar-refractivity contribution in [2.45, 2.75) is 63.8 Å². The number of aliphatic imine (C=N–C) groups is 1. The van der Waals surface area contributed by atoms with Gasteiger partial charge in [0.2, 0.25) is 10.0 Å². The number of ether oxygens (including phenoxy) is 1. The number of hydrogen-bond acceptors (Lipinski definition) is 7. The molecule has 1 spiro atoms. The molecule has 0 bridgehead atoms. The van der Waals surface area contributed by atoms with E-state index in [-0.39, 0.29) is 48.4 Å². The molecule has 2 amide bonds. The first-order valence-electron chi connectivity index (χ1n) is 15.1. The molecule has 0 saturated carbocycles. The molecule has 3 heterocycles. The fraction of sp³-hybridized carbons (Fsp3) is 0.469. The zero-order chi connectivity index (χ0) is 34.4. The number of halogens is 4.